The number of fused-ring (bicyclic) bond motifs is 2. The molecule has 0 radical (unpaired) electrons. The van der Waals surface area contributed by atoms with E-state index < -0.39 is 35.5 Å². The summed E-state index contributed by atoms with van der Waals surface area (Å²) in [5.41, 5.74) is -5.00. The Morgan fingerprint density at radius 1 is 0.750 bits per heavy atom. The first kappa shape index (κ1) is 22.3. The molecule has 0 aromatic heterocycles. The van der Waals surface area contributed by atoms with Crippen molar-refractivity contribution in [1.29, 1.82) is 0 Å². The van der Waals surface area contributed by atoms with Gasteiger partial charge in [0.15, 0.2) is 16.4 Å². The van der Waals surface area contributed by atoms with Gasteiger partial charge in [-0.05, 0) is 30.3 Å². The zero-order valence-electron chi connectivity index (χ0n) is 16.1. The van der Waals surface area contributed by atoms with Gasteiger partial charge in [-0.3, -0.25) is 0 Å². The molecule has 1 atom stereocenters. The van der Waals surface area contributed by atoms with E-state index in [1.54, 1.807) is 12.1 Å². The molecular formula is C22H15F6O3S+. The zero-order chi connectivity index (χ0) is 23.1. The highest BCUT2D eigenvalue weighted by Gasteiger charge is 2.71. The minimum atomic E-state index is -5.96. The fraction of sp³-hybridized carbons (Fsp3) is 0.182. The number of alkyl halides is 6. The lowest BCUT2D eigenvalue weighted by Crippen LogP contribution is -2.60. The molecular weight excluding hydrogens is 458 g/mol. The maximum Gasteiger partial charge on any atom is 0.429 e. The lowest BCUT2D eigenvalue weighted by Gasteiger charge is -2.31. The van der Waals surface area contributed by atoms with Gasteiger partial charge in [0.05, 0.1) is 0 Å². The summed E-state index contributed by atoms with van der Waals surface area (Å²) in [6.07, 6.45) is -11.9. The van der Waals surface area contributed by atoms with E-state index in [9.17, 15) is 31.4 Å². The maximum absolute atomic E-state index is 12.9. The van der Waals surface area contributed by atoms with Gasteiger partial charge >= 0.3 is 12.4 Å². The molecule has 3 aromatic carbocycles. The second-order valence-corrected chi connectivity index (χ2v) is 8.88. The Labute approximate surface area is 181 Å². The lowest BCUT2D eigenvalue weighted by atomic mass is 10.0. The van der Waals surface area contributed by atoms with Crippen molar-refractivity contribution in [2.24, 2.45) is 0 Å². The van der Waals surface area contributed by atoms with Crippen LogP contribution >= 0.6 is 0 Å². The van der Waals surface area contributed by atoms with Gasteiger partial charge in [-0.25, -0.2) is 0 Å². The monoisotopic (exact) mass is 473 g/mol. The summed E-state index contributed by atoms with van der Waals surface area (Å²) in [6.45, 7) is -2.04. The van der Waals surface area contributed by atoms with Crippen molar-refractivity contribution in [3.8, 4) is 17.2 Å². The molecule has 4 rings (SSSR count). The summed E-state index contributed by atoms with van der Waals surface area (Å²) < 4.78 is 88.1. The number of rotatable bonds is 4. The van der Waals surface area contributed by atoms with Gasteiger partial charge in [-0.2, -0.15) is 26.3 Å². The molecule has 3 nitrogen and oxygen atoms in total. The van der Waals surface area contributed by atoms with Crippen LogP contribution in [0.4, 0.5) is 26.3 Å². The summed E-state index contributed by atoms with van der Waals surface area (Å²) in [7, 11) is -0.605. The molecule has 1 aliphatic rings. The van der Waals surface area contributed by atoms with Crippen molar-refractivity contribution in [2.75, 3.05) is 6.61 Å². The molecule has 0 spiro atoms. The number of halogens is 6. The van der Waals surface area contributed by atoms with Gasteiger partial charge in [-0.1, -0.05) is 30.3 Å². The highest BCUT2D eigenvalue weighted by atomic mass is 32.2. The van der Waals surface area contributed by atoms with Crippen molar-refractivity contribution in [3.05, 3.63) is 72.8 Å². The predicted octanol–water partition coefficient (Wildman–Crippen LogP) is 6.12. The number of aliphatic hydroxyl groups is 1. The molecule has 0 bridgehead atoms. The molecule has 0 fully saturated rings. The lowest BCUT2D eigenvalue weighted by molar-refractivity contribution is -0.373. The summed E-state index contributed by atoms with van der Waals surface area (Å²) in [5.74, 6) is 0.467. The zero-order valence-corrected chi connectivity index (χ0v) is 16.9. The minimum absolute atomic E-state index is 0.246. The molecule has 0 saturated carbocycles. The largest absolute Gasteiger partial charge is 0.490 e. The van der Waals surface area contributed by atoms with E-state index in [-0.39, 0.29) is 11.5 Å². The first-order chi connectivity index (χ1) is 15.0. The Morgan fingerprint density at radius 2 is 1.34 bits per heavy atom. The topological polar surface area (TPSA) is 38.7 Å². The normalized spacial score (nSPS) is 16.0. The fourth-order valence-electron chi connectivity index (χ4n) is 3.09. The molecule has 1 unspecified atom stereocenters. The van der Waals surface area contributed by atoms with Crippen LogP contribution in [0, 0.1) is 0 Å². The summed E-state index contributed by atoms with van der Waals surface area (Å²) >= 11 is 0. The van der Waals surface area contributed by atoms with Crippen LogP contribution in [0.15, 0.2) is 87.5 Å². The van der Waals surface area contributed by atoms with Crippen LogP contribution in [0.25, 0.3) is 0 Å². The molecule has 0 saturated heterocycles. The SMILES string of the molecule is OC(COc1ccc2c(c1)Oc1ccccc1[S+]2c1ccccc1)(C(F)(F)F)C(F)(F)F. The quantitative estimate of drug-likeness (QED) is 0.287. The number of benzene rings is 3. The van der Waals surface area contributed by atoms with Crippen LogP contribution in [-0.4, -0.2) is 29.7 Å². The average Bonchev–Trinajstić information content (AvgIpc) is 2.74. The first-order valence-corrected chi connectivity index (χ1v) is 10.4. The van der Waals surface area contributed by atoms with Gasteiger partial charge in [0.1, 0.15) is 23.3 Å². The Hall–Kier alpha value is -2.85. The minimum Gasteiger partial charge on any atom is -0.490 e. The summed E-state index contributed by atoms with van der Waals surface area (Å²) in [4.78, 5) is 2.55. The number of hydrogen-bond donors (Lipinski definition) is 1. The third-order valence-corrected chi connectivity index (χ3v) is 7.09. The van der Waals surface area contributed by atoms with Crippen molar-refractivity contribution in [1.82, 2.24) is 0 Å². The van der Waals surface area contributed by atoms with Crippen LogP contribution in [-0.2, 0) is 10.9 Å². The van der Waals surface area contributed by atoms with Crippen molar-refractivity contribution < 1.29 is 40.9 Å². The Bertz CT molecular complexity index is 1100. The third-order valence-electron chi connectivity index (χ3n) is 4.79. The maximum atomic E-state index is 12.9. The average molecular weight is 473 g/mol. The van der Waals surface area contributed by atoms with Crippen LogP contribution in [0.5, 0.6) is 17.2 Å². The van der Waals surface area contributed by atoms with Crippen LogP contribution in [0.3, 0.4) is 0 Å². The van der Waals surface area contributed by atoms with E-state index in [1.165, 1.54) is 18.2 Å². The van der Waals surface area contributed by atoms with Crippen LogP contribution < -0.4 is 9.47 Å². The van der Waals surface area contributed by atoms with Gasteiger partial charge in [-0.15, -0.1) is 0 Å². The van der Waals surface area contributed by atoms with E-state index in [4.69, 9.17) is 9.47 Å². The van der Waals surface area contributed by atoms with E-state index in [1.807, 2.05) is 42.5 Å². The molecule has 32 heavy (non-hydrogen) atoms. The van der Waals surface area contributed by atoms with Crippen molar-refractivity contribution in [2.45, 2.75) is 32.6 Å². The second kappa shape index (κ2) is 7.93. The molecule has 1 N–H and O–H groups in total. The highest BCUT2D eigenvalue weighted by molar-refractivity contribution is 7.97. The van der Waals surface area contributed by atoms with Gasteiger partial charge in [0.25, 0.3) is 5.60 Å². The Kier molecular flexibility index (Phi) is 5.54. The molecule has 168 valence electrons. The number of para-hydroxylation sites is 1. The molecule has 0 aliphatic carbocycles. The van der Waals surface area contributed by atoms with E-state index >= 15 is 0 Å². The first-order valence-electron chi connectivity index (χ1n) is 9.20. The molecule has 0 amide bonds. The smallest absolute Gasteiger partial charge is 0.429 e. The van der Waals surface area contributed by atoms with E-state index in [0.29, 0.717) is 10.6 Å². The Morgan fingerprint density at radius 3 is 2.00 bits per heavy atom. The third kappa shape index (κ3) is 3.88. The van der Waals surface area contributed by atoms with Crippen molar-refractivity contribution >= 4 is 10.9 Å². The van der Waals surface area contributed by atoms with Gasteiger partial charge < -0.3 is 14.6 Å². The van der Waals surface area contributed by atoms with Crippen LogP contribution in [0.2, 0.25) is 0 Å². The second-order valence-electron chi connectivity index (χ2n) is 6.92. The summed E-state index contributed by atoms with van der Waals surface area (Å²) in [6, 6.07) is 20.7. The number of ether oxygens (including phenoxy) is 2. The van der Waals surface area contributed by atoms with Crippen molar-refractivity contribution in [3.63, 3.8) is 0 Å². The fourth-order valence-corrected chi connectivity index (χ4v) is 5.29. The van der Waals surface area contributed by atoms with E-state index in [2.05, 4.69) is 0 Å². The van der Waals surface area contributed by atoms with E-state index in [0.717, 1.165) is 9.79 Å². The van der Waals surface area contributed by atoms with Gasteiger partial charge in [0, 0.05) is 12.1 Å². The Balaban J connectivity index is 1.68. The highest BCUT2D eigenvalue weighted by Crippen LogP contribution is 2.48. The predicted molar refractivity (Wildman–Crippen MR) is 104 cm³/mol. The summed E-state index contributed by atoms with van der Waals surface area (Å²) in [5, 5.41) is 9.30. The molecule has 3 aromatic rings. The standard InChI is InChI=1S/C22H15F6O3S/c23-21(24,25)20(29,22(26,27)28)13-30-14-10-11-19-17(12-14)31-16-8-4-5-9-18(16)32(19)15-6-2-1-3-7-15/h1-12,29H,13H2/q+1. The van der Waals surface area contributed by atoms with Gasteiger partial charge in [0.2, 0.25) is 9.79 Å². The number of hydrogen-bond acceptors (Lipinski definition) is 3. The molecule has 1 heterocycles. The molecule has 10 heteroatoms. The molecule has 1 aliphatic heterocycles. The van der Waals surface area contributed by atoms with Crippen LogP contribution in [0.1, 0.15) is 0 Å².